The first kappa shape index (κ1) is 14.4. The summed E-state index contributed by atoms with van der Waals surface area (Å²) in [5, 5.41) is 0. The van der Waals surface area contributed by atoms with Crippen molar-refractivity contribution in [3.8, 4) is 0 Å². The summed E-state index contributed by atoms with van der Waals surface area (Å²) in [5.41, 5.74) is 4.48. The molecular formula is C20H32. The molecule has 112 valence electrons. The predicted octanol–water partition coefficient (Wildman–Crippen LogP) is 6.14. The molecule has 3 rings (SSSR count). The Morgan fingerprint density at radius 3 is 2.60 bits per heavy atom. The summed E-state index contributed by atoms with van der Waals surface area (Å²) in [4.78, 5) is 0. The van der Waals surface area contributed by atoms with Gasteiger partial charge in [-0.05, 0) is 66.3 Å². The lowest BCUT2D eigenvalue weighted by atomic mass is 9.47. The molecule has 0 aromatic heterocycles. The van der Waals surface area contributed by atoms with Gasteiger partial charge in [-0.1, -0.05) is 58.8 Å². The number of allylic oxidation sites excluding steroid dienone is 4. The van der Waals surface area contributed by atoms with Gasteiger partial charge in [0.15, 0.2) is 0 Å². The molecule has 0 amide bonds. The average Bonchev–Trinajstić information content (AvgIpc) is 2.37. The summed E-state index contributed by atoms with van der Waals surface area (Å²) >= 11 is 0. The Morgan fingerprint density at radius 1 is 1.15 bits per heavy atom. The first-order chi connectivity index (χ1) is 9.34. The summed E-state index contributed by atoms with van der Waals surface area (Å²) in [5.74, 6) is 2.46. The van der Waals surface area contributed by atoms with Gasteiger partial charge in [0.25, 0.3) is 0 Å². The van der Waals surface area contributed by atoms with E-state index in [9.17, 15) is 0 Å². The molecule has 20 heavy (non-hydrogen) atoms. The highest BCUT2D eigenvalue weighted by Crippen LogP contribution is 2.61. The third-order valence-electron chi connectivity index (χ3n) is 6.88. The molecule has 0 radical (unpaired) electrons. The molecule has 3 aliphatic rings. The molecule has 0 N–H and O–H groups in total. The molecule has 0 nitrogen and oxygen atoms in total. The lowest BCUT2D eigenvalue weighted by Crippen LogP contribution is -2.49. The molecule has 0 bridgehead atoms. The van der Waals surface area contributed by atoms with Crippen LogP contribution in [0.1, 0.15) is 73.1 Å². The molecule has 1 unspecified atom stereocenters. The maximum absolute atomic E-state index is 2.62. The normalized spacial score (nSPS) is 39.7. The minimum atomic E-state index is 0.539. The Labute approximate surface area is 125 Å². The zero-order valence-electron chi connectivity index (χ0n) is 14.1. The predicted molar refractivity (Wildman–Crippen MR) is 87.6 cm³/mol. The van der Waals surface area contributed by atoms with Crippen LogP contribution in [0, 0.1) is 28.6 Å². The van der Waals surface area contributed by atoms with Gasteiger partial charge >= 0.3 is 0 Å². The number of hydrogen-bond acceptors (Lipinski definition) is 0. The van der Waals surface area contributed by atoms with Crippen LogP contribution in [0.5, 0.6) is 0 Å². The van der Waals surface area contributed by atoms with Gasteiger partial charge in [-0.2, -0.15) is 0 Å². The fourth-order valence-corrected chi connectivity index (χ4v) is 5.66. The Bertz CT molecular complexity index is 449. The largest absolute Gasteiger partial charge is 0.0807 e. The van der Waals surface area contributed by atoms with E-state index in [0.29, 0.717) is 10.8 Å². The zero-order valence-corrected chi connectivity index (χ0v) is 14.1. The van der Waals surface area contributed by atoms with E-state index in [0.717, 1.165) is 17.8 Å². The van der Waals surface area contributed by atoms with Crippen LogP contribution in [0.15, 0.2) is 23.3 Å². The topological polar surface area (TPSA) is 0 Å². The lowest BCUT2D eigenvalue weighted by Gasteiger charge is -2.57. The molecule has 0 spiro atoms. The summed E-state index contributed by atoms with van der Waals surface area (Å²) in [7, 11) is 0. The van der Waals surface area contributed by atoms with E-state index in [4.69, 9.17) is 0 Å². The van der Waals surface area contributed by atoms with E-state index < -0.39 is 0 Å². The third-order valence-corrected chi connectivity index (χ3v) is 6.88. The quantitative estimate of drug-likeness (QED) is 0.537. The van der Waals surface area contributed by atoms with E-state index >= 15 is 0 Å². The van der Waals surface area contributed by atoms with Gasteiger partial charge in [-0.3, -0.25) is 0 Å². The van der Waals surface area contributed by atoms with Crippen LogP contribution in [0.4, 0.5) is 0 Å². The second kappa shape index (κ2) is 4.75. The van der Waals surface area contributed by atoms with Crippen molar-refractivity contribution >= 4 is 0 Å². The van der Waals surface area contributed by atoms with Crippen molar-refractivity contribution in [1.82, 2.24) is 0 Å². The highest BCUT2D eigenvalue weighted by atomic mass is 14.6. The van der Waals surface area contributed by atoms with Crippen LogP contribution < -0.4 is 0 Å². The van der Waals surface area contributed by atoms with E-state index in [2.05, 4.69) is 46.8 Å². The second-order valence-electron chi connectivity index (χ2n) is 8.81. The smallest absolute Gasteiger partial charge is 0.0105 e. The fourth-order valence-electron chi connectivity index (χ4n) is 5.66. The van der Waals surface area contributed by atoms with Crippen molar-refractivity contribution in [2.45, 2.75) is 73.1 Å². The van der Waals surface area contributed by atoms with Gasteiger partial charge < -0.3 is 0 Å². The first-order valence-corrected chi connectivity index (χ1v) is 8.75. The van der Waals surface area contributed by atoms with Gasteiger partial charge in [0.1, 0.15) is 0 Å². The number of rotatable bonds is 1. The molecule has 0 aliphatic heterocycles. The SMILES string of the molecule is CC(C)C1=CC2=CCC3C(C)(C)CCC[C@]3(C)[C@H]2CC1. The van der Waals surface area contributed by atoms with Crippen LogP contribution in [0.2, 0.25) is 0 Å². The second-order valence-corrected chi connectivity index (χ2v) is 8.81. The van der Waals surface area contributed by atoms with Crippen LogP contribution in [-0.2, 0) is 0 Å². The number of fused-ring (bicyclic) bond motifs is 3. The van der Waals surface area contributed by atoms with Crippen LogP contribution in [0.25, 0.3) is 0 Å². The lowest BCUT2D eigenvalue weighted by molar-refractivity contribution is -0.0389. The standard InChI is InChI=1S/C20H32/c1-14(2)15-7-9-17-16(13-15)8-10-18-19(3,4)11-6-12-20(17,18)5/h8,13-14,17-18H,6-7,9-12H2,1-5H3/t17-,18?,20+/m0/s1. The summed E-state index contributed by atoms with van der Waals surface area (Å²) in [6.45, 7) is 12.4. The van der Waals surface area contributed by atoms with Gasteiger partial charge in [0, 0.05) is 0 Å². The van der Waals surface area contributed by atoms with Crippen LogP contribution in [-0.4, -0.2) is 0 Å². The van der Waals surface area contributed by atoms with Crippen molar-refractivity contribution in [3.05, 3.63) is 23.3 Å². The first-order valence-electron chi connectivity index (χ1n) is 8.75. The molecule has 0 aromatic rings. The van der Waals surface area contributed by atoms with Crippen molar-refractivity contribution in [2.24, 2.45) is 28.6 Å². The van der Waals surface area contributed by atoms with E-state index in [1.807, 2.05) is 0 Å². The maximum atomic E-state index is 2.62. The molecule has 0 aromatic carbocycles. The molecule has 1 fully saturated rings. The molecule has 0 heterocycles. The van der Waals surface area contributed by atoms with Gasteiger partial charge in [0.2, 0.25) is 0 Å². The Balaban J connectivity index is 1.97. The Hall–Kier alpha value is -0.520. The van der Waals surface area contributed by atoms with Crippen LogP contribution in [0.3, 0.4) is 0 Å². The van der Waals surface area contributed by atoms with Crippen molar-refractivity contribution in [3.63, 3.8) is 0 Å². The summed E-state index contributed by atoms with van der Waals surface area (Å²) in [6, 6.07) is 0. The maximum Gasteiger partial charge on any atom is -0.0105 e. The van der Waals surface area contributed by atoms with E-state index in [1.54, 1.807) is 11.1 Å². The zero-order chi connectivity index (χ0) is 14.5. The molecule has 3 aliphatic carbocycles. The number of hydrogen-bond donors (Lipinski definition) is 0. The van der Waals surface area contributed by atoms with Gasteiger partial charge in [0.05, 0.1) is 0 Å². The summed E-state index contributed by atoms with van der Waals surface area (Å²) < 4.78 is 0. The van der Waals surface area contributed by atoms with Gasteiger partial charge in [-0.15, -0.1) is 0 Å². The molecule has 0 saturated heterocycles. The Morgan fingerprint density at radius 2 is 1.90 bits per heavy atom. The fraction of sp³-hybridized carbons (Fsp3) is 0.800. The van der Waals surface area contributed by atoms with Crippen molar-refractivity contribution in [1.29, 1.82) is 0 Å². The average molecular weight is 272 g/mol. The van der Waals surface area contributed by atoms with Crippen molar-refractivity contribution < 1.29 is 0 Å². The van der Waals surface area contributed by atoms with Gasteiger partial charge in [-0.25, -0.2) is 0 Å². The molecule has 3 atom stereocenters. The van der Waals surface area contributed by atoms with E-state index in [1.165, 1.54) is 38.5 Å². The monoisotopic (exact) mass is 272 g/mol. The van der Waals surface area contributed by atoms with Crippen LogP contribution >= 0.6 is 0 Å². The third kappa shape index (κ3) is 2.11. The molecule has 0 heteroatoms. The summed E-state index contributed by atoms with van der Waals surface area (Å²) in [6.07, 6.45) is 13.5. The highest BCUT2D eigenvalue weighted by molar-refractivity contribution is 5.35. The molecule has 1 saturated carbocycles. The highest BCUT2D eigenvalue weighted by Gasteiger charge is 2.52. The minimum absolute atomic E-state index is 0.539. The van der Waals surface area contributed by atoms with E-state index in [-0.39, 0.29) is 0 Å². The Kier molecular flexibility index (Phi) is 3.42. The molecular weight excluding hydrogens is 240 g/mol. The minimum Gasteiger partial charge on any atom is -0.0807 e. The van der Waals surface area contributed by atoms with Crippen molar-refractivity contribution in [2.75, 3.05) is 0 Å².